The van der Waals surface area contributed by atoms with E-state index in [9.17, 15) is 9.59 Å². The molecule has 0 bridgehead atoms. The Bertz CT molecular complexity index is 656. The molecule has 0 amide bonds. The number of nitrogens with one attached hydrogen (secondary N) is 1. The van der Waals surface area contributed by atoms with Crippen molar-refractivity contribution in [2.75, 3.05) is 0 Å². The summed E-state index contributed by atoms with van der Waals surface area (Å²) in [5.41, 5.74) is 1.40. The molecule has 0 radical (unpaired) electrons. The van der Waals surface area contributed by atoms with Gasteiger partial charge in [0.15, 0.2) is 0 Å². The standard InChI is InChI=1S/C16H20N2O2/c1-2-14-12-18(16(20)17-15(14)19)11-7-6-10-13-8-4-3-5-9-13/h3-5,8-9,12H,2,6-7,10-11H2,1H3,(H,17,19,20). The van der Waals surface area contributed by atoms with Gasteiger partial charge in [0.25, 0.3) is 5.56 Å². The lowest BCUT2D eigenvalue weighted by Crippen LogP contribution is -2.31. The number of benzene rings is 1. The summed E-state index contributed by atoms with van der Waals surface area (Å²) in [6, 6.07) is 10.3. The lowest BCUT2D eigenvalue weighted by molar-refractivity contribution is 0.576. The lowest BCUT2D eigenvalue weighted by Gasteiger charge is -2.06. The summed E-state index contributed by atoms with van der Waals surface area (Å²) in [5.74, 6) is 0. The fraction of sp³-hybridized carbons (Fsp3) is 0.375. The second kappa shape index (κ2) is 6.89. The first-order valence-corrected chi connectivity index (χ1v) is 7.07. The molecule has 0 aliphatic carbocycles. The van der Waals surface area contributed by atoms with Gasteiger partial charge in [0.2, 0.25) is 0 Å². The van der Waals surface area contributed by atoms with E-state index in [1.165, 1.54) is 5.56 Å². The summed E-state index contributed by atoms with van der Waals surface area (Å²) >= 11 is 0. The fourth-order valence-electron chi connectivity index (χ4n) is 2.23. The summed E-state index contributed by atoms with van der Waals surface area (Å²) in [6.07, 6.45) is 5.28. The third kappa shape index (κ3) is 3.70. The van der Waals surface area contributed by atoms with Crippen molar-refractivity contribution in [2.45, 2.75) is 39.2 Å². The molecule has 4 nitrogen and oxygen atoms in total. The Labute approximate surface area is 118 Å². The number of aromatic amines is 1. The Balaban J connectivity index is 1.91. The molecule has 0 spiro atoms. The van der Waals surface area contributed by atoms with Gasteiger partial charge in [-0.1, -0.05) is 37.3 Å². The van der Waals surface area contributed by atoms with Gasteiger partial charge in [-0.05, 0) is 31.2 Å². The van der Waals surface area contributed by atoms with E-state index in [0.717, 1.165) is 19.3 Å². The van der Waals surface area contributed by atoms with Crippen molar-refractivity contribution < 1.29 is 0 Å². The van der Waals surface area contributed by atoms with Crippen molar-refractivity contribution in [3.05, 3.63) is 68.5 Å². The number of rotatable bonds is 6. The van der Waals surface area contributed by atoms with Crippen LogP contribution in [0.3, 0.4) is 0 Å². The predicted molar refractivity (Wildman–Crippen MR) is 80.1 cm³/mol. The van der Waals surface area contributed by atoms with Crippen LogP contribution in [-0.4, -0.2) is 9.55 Å². The molecule has 0 atom stereocenters. The quantitative estimate of drug-likeness (QED) is 0.819. The Morgan fingerprint density at radius 3 is 2.55 bits per heavy atom. The molecule has 0 aliphatic rings. The zero-order valence-electron chi connectivity index (χ0n) is 11.8. The van der Waals surface area contributed by atoms with Gasteiger partial charge >= 0.3 is 5.69 Å². The molecule has 2 aromatic rings. The van der Waals surface area contributed by atoms with Crippen LogP contribution in [0.15, 0.2) is 46.1 Å². The molecule has 2 rings (SSSR count). The minimum absolute atomic E-state index is 0.266. The third-order valence-corrected chi connectivity index (χ3v) is 3.42. The minimum Gasteiger partial charge on any atom is -0.300 e. The topological polar surface area (TPSA) is 54.9 Å². The number of H-pyrrole nitrogens is 1. The summed E-state index contributed by atoms with van der Waals surface area (Å²) < 4.78 is 1.60. The SMILES string of the molecule is CCc1cn(CCCCc2ccccc2)c(=O)[nH]c1=O. The fourth-order valence-corrected chi connectivity index (χ4v) is 2.23. The van der Waals surface area contributed by atoms with E-state index in [2.05, 4.69) is 17.1 Å². The summed E-state index contributed by atoms with van der Waals surface area (Å²) in [6.45, 7) is 2.56. The zero-order valence-corrected chi connectivity index (χ0v) is 11.8. The maximum atomic E-state index is 11.7. The van der Waals surface area contributed by atoms with E-state index < -0.39 is 0 Å². The molecule has 0 unspecified atom stereocenters. The maximum absolute atomic E-state index is 11.7. The van der Waals surface area contributed by atoms with Gasteiger partial charge in [-0.3, -0.25) is 9.78 Å². The van der Waals surface area contributed by atoms with E-state index in [4.69, 9.17) is 0 Å². The first kappa shape index (κ1) is 14.3. The van der Waals surface area contributed by atoms with Gasteiger partial charge in [0.05, 0.1) is 0 Å². The Morgan fingerprint density at radius 1 is 1.10 bits per heavy atom. The predicted octanol–water partition coefficient (Wildman–Crippen LogP) is 2.12. The van der Waals surface area contributed by atoms with E-state index in [1.807, 2.05) is 25.1 Å². The highest BCUT2D eigenvalue weighted by atomic mass is 16.2. The van der Waals surface area contributed by atoms with Crippen molar-refractivity contribution in [3.8, 4) is 0 Å². The van der Waals surface area contributed by atoms with Crippen LogP contribution >= 0.6 is 0 Å². The Morgan fingerprint density at radius 2 is 1.85 bits per heavy atom. The smallest absolute Gasteiger partial charge is 0.300 e. The molecule has 1 aromatic heterocycles. The molecule has 106 valence electrons. The molecule has 1 heterocycles. The summed E-state index contributed by atoms with van der Waals surface area (Å²) in [4.78, 5) is 25.5. The van der Waals surface area contributed by atoms with Crippen molar-refractivity contribution in [1.29, 1.82) is 0 Å². The van der Waals surface area contributed by atoms with Crippen LogP contribution in [-0.2, 0) is 19.4 Å². The largest absolute Gasteiger partial charge is 0.328 e. The van der Waals surface area contributed by atoms with E-state index >= 15 is 0 Å². The van der Waals surface area contributed by atoms with Gasteiger partial charge in [-0.25, -0.2) is 4.79 Å². The Kier molecular flexibility index (Phi) is 4.93. The number of hydrogen-bond acceptors (Lipinski definition) is 2. The highest BCUT2D eigenvalue weighted by Crippen LogP contribution is 2.05. The van der Waals surface area contributed by atoms with Crippen molar-refractivity contribution in [3.63, 3.8) is 0 Å². The van der Waals surface area contributed by atoms with Crippen LogP contribution in [0.1, 0.15) is 30.9 Å². The maximum Gasteiger partial charge on any atom is 0.328 e. The number of aryl methyl sites for hydroxylation is 3. The average molecular weight is 272 g/mol. The average Bonchev–Trinajstić information content (AvgIpc) is 2.46. The van der Waals surface area contributed by atoms with Crippen LogP contribution in [0.2, 0.25) is 0 Å². The van der Waals surface area contributed by atoms with Crippen molar-refractivity contribution >= 4 is 0 Å². The van der Waals surface area contributed by atoms with Gasteiger partial charge in [-0.2, -0.15) is 0 Å². The van der Waals surface area contributed by atoms with Gasteiger partial charge in [0, 0.05) is 18.3 Å². The molecule has 20 heavy (non-hydrogen) atoms. The molecule has 0 aliphatic heterocycles. The zero-order chi connectivity index (χ0) is 14.4. The lowest BCUT2D eigenvalue weighted by atomic mass is 10.1. The monoisotopic (exact) mass is 272 g/mol. The number of aromatic nitrogens is 2. The van der Waals surface area contributed by atoms with E-state index in [1.54, 1.807) is 10.8 Å². The highest BCUT2D eigenvalue weighted by Gasteiger charge is 2.02. The van der Waals surface area contributed by atoms with Crippen molar-refractivity contribution in [2.24, 2.45) is 0 Å². The minimum atomic E-state index is -0.313. The second-order valence-electron chi connectivity index (χ2n) is 4.90. The number of nitrogens with zero attached hydrogens (tertiary/aromatic N) is 1. The van der Waals surface area contributed by atoms with Crippen LogP contribution in [0.25, 0.3) is 0 Å². The van der Waals surface area contributed by atoms with Crippen LogP contribution in [0.4, 0.5) is 0 Å². The molecular formula is C16H20N2O2. The highest BCUT2D eigenvalue weighted by molar-refractivity contribution is 5.14. The van der Waals surface area contributed by atoms with Crippen molar-refractivity contribution in [1.82, 2.24) is 9.55 Å². The molecule has 0 fully saturated rings. The molecule has 0 saturated heterocycles. The molecule has 0 saturated carbocycles. The summed E-state index contributed by atoms with van der Waals surface area (Å²) in [5, 5.41) is 0. The van der Waals surface area contributed by atoms with Crippen LogP contribution in [0.5, 0.6) is 0 Å². The first-order chi connectivity index (χ1) is 9.70. The van der Waals surface area contributed by atoms with Gasteiger partial charge in [0.1, 0.15) is 0 Å². The van der Waals surface area contributed by atoms with E-state index in [-0.39, 0.29) is 11.2 Å². The number of unbranched alkanes of at least 4 members (excludes halogenated alkanes) is 1. The number of hydrogen-bond donors (Lipinski definition) is 1. The molecular weight excluding hydrogens is 252 g/mol. The molecule has 1 aromatic carbocycles. The Hall–Kier alpha value is -2.10. The molecule has 1 N–H and O–H groups in total. The first-order valence-electron chi connectivity index (χ1n) is 7.07. The van der Waals surface area contributed by atoms with Crippen LogP contribution < -0.4 is 11.2 Å². The second-order valence-corrected chi connectivity index (χ2v) is 4.90. The third-order valence-electron chi connectivity index (χ3n) is 3.42. The molecule has 4 heteroatoms. The normalized spacial score (nSPS) is 10.7. The van der Waals surface area contributed by atoms with Crippen LogP contribution in [0, 0.1) is 0 Å². The van der Waals surface area contributed by atoms with Gasteiger partial charge < -0.3 is 4.57 Å². The van der Waals surface area contributed by atoms with E-state index in [0.29, 0.717) is 18.5 Å². The van der Waals surface area contributed by atoms with Gasteiger partial charge in [-0.15, -0.1) is 0 Å². The summed E-state index contributed by atoms with van der Waals surface area (Å²) in [7, 11) is 0.